The van der Waals surface area contributed by atoms with E-state index in [1.54, 1.807) is 0 Å². The number of hydrogen-bond acceptors (Lipinski definition) is 3. The highest BCUT2D eigenvalue weighted by Crippen LogP contribution is 1.78. The highest BCUT2D eigenvalue weighted by atomic mass is 16.5. The van der Waals surface area contributed by atoms with E-state index < -0.39 is 5.95 Å². The first-order valence-corrected chi connectivity index (χ1v) is 2.21. The van der Waals surface area contributed by atoms with Crippen LogP contribution in [0.3, 0.4) is 0 Å². The summed E-state index contributed by atoms with van der Waals surface area (Å²) in [4.78, 5) is 0. The molecule has 0 fully saturated rings. The topological polar surface area (TPSA) is 60.7 Å². The number of rotatable bonds is 2. The average Bonchev–Trinajstić information content (AvgIpc) is 1.66. The molecule has 3 heteroatoms. The minimum absolute atomic E-state index is 0.000278. The van der Waals surface area contributed by atoms with Gasteiger partial charge in [-0.2, -0.15) is 0 Å². The molecule has 0 saturated heterocycles. The smallest absolute Gasteiger partial charge is 0.322 e. The van der Waals surface area contributed by atoms with Crippen LogP contribution < -0.4 is 0 Å². The lowest BCUT2D eigenvalue weighted by Gasteiger charge is -1.78. The van der Waals surface area contributed by atoms with Crippen molar-refractivity contribution in [3.05, 3.63) is 17.8 Å². The van der Waals surface area contributed by atoms with Gasteiger partial charge in [0.1, 0.15) is 0 Å². The minimum atomic E-state index is -0.849. The number of hydrogen-bond donors (Lipinski definition) is 3. The van der Waals surface area contributed by atoms with Crippen molar-refractivity contribution in [2.75, 3.05) is 6.61 Å². The van der Waals surface area contributed by atoms with Gasteiger partial charge in [-0.15, -0.1) is 0 Å². The van der Waals surface area contributed by atoms with Gasteiger partial charge in [0.05, 0.1) is 0 Å². The lowest BCUT2D eigenvalue weighted by atomic mass is 10.4. The predicted octanol–water partition coefficient (Wildman–Crippen LogP) is 0.481. The Bertz CT molecular complexity index is 107. The summed E-state index contributed by atoms with van der Waals surface area (Å²) >= 11 is 0. The molecule has 0 saturated carbocycles. The average molecular weight is 116 g/mol. The van der Waals surface area contributed by atoms with Crippen molar-refractivity contribution >= 4 is 0 Å². The minimum Gasteiger partial charge on any atom is -0.475 e. The molecule has 0 aromatic carbocycles. The van der Waals surface area contributed by atoms with Crippen molar-refractivity contribution in [3.63, 3.8) is 0 Å². The van der Waals surface area contributed by atoms with Crippen LogP contribution >= 0.6 is 0 Å². The molecule has 0 bridgehead atoms. The molecule has 0 aromatic rings. The Morgan fingerprint density at radius 1 is 1.50 bits per heavy atom. The molecule has 0 unspecified atom stereocenters. The van der Waals surface area contributed by atoms with Gasteiger partial charge in [-0.05, 0) is 18.2 Å². The summed E-state index contributed by atoms with van der Waals surface area (Å²) in [5.41, 5.74) is 2.09. The van der Waals surface area contributed by atoms with Crippen LogP contribution in [0.15, 0.2) is 17.8 Å². The van der Waals surface area contributed by atoms with Crippen molar-refractivity contribution in [1.82, 2.24) is 0 Å². The van der Waals surface area contributed by atoms with Gasteiger partial charge in [0, 0.05) is 6.61 Å². The maximum absolute atomic E-state index is 8.14. The molecule has 3 N–H and O–H groups in total. The van der Waals surface area contributed by atoms with Crippen molar-refractivity contribution in [3.8, 4) is 0 Å². The van der Waals surface area contributed by atoms with Crippen LogP contribution in [0.5, 0.6) is 0 Å². The fourth-order valence-corrected chi connectivity index (χ4v) is 0.228. The Balaban J connectivity index is 3.48. The standard InChI is InChI=1S/C5H8O3/c6-4-2-1-3-5(7)8/h1,6-8H,2,4H2. The number of aliphatic hydroxyl groups is 3. The molecule has 3 nitrogen and oxygen atoms in total. The lowest BCUT2D eigenvalue weighted by Crippen LogP contribution is -1.75. The Hall–Kier alpha value is -0.920. The SMILES string of the molecule is OCCC=C=C(O)O. The molecule has 0 radical (unpaired) electrons. The zero-order chi connectivity index (χ0) is 6.41. The molecule has 0 aliphatic rings. The van der Waals surface area contributed by atoms with Crippen LogP contribution in [-0.4, -0.2) is 21.9 Å². The van der Waals surface area contributed by atoms with Crippen molar-refractivity contribution < 1.29 is 15.3 Å². The summed E-state index contributed by atoms with van der Waals surface area (Å²) < 4.78 is 0. The first-order chi connectivity index (χ1) is 3.77. The Morgan fingerprint density at radius 2 is 2.12 bits per heavy atom. The molecule has 46 valence electrons. The second-order valence-corrected chi connectivity index (χ2v) is 1.18. The first kappa shape index (κ1) is 7.08. The van der Waals surface area contributed by atoms with Gasteiger partial charge in [-0.3, -0.25) is 0 Å². The van der Waals surface area contributed by atoms with Gasteiger partial charge in [0.15, 0.2) is 0 Å². The summed E-state index contributed by atoms with van der Waals surface area (Å²) in [6.07, 6.45) is 1.74. The third kappa shape index (κ3) is 5.08. The third-order valence-electron chi connectivity index (χ3n) is 0.505. The molecule has 0 rings (SSSR count). The maximum Gasteiger partial charge on any atom is 0.322 e. The molecule has 0 amide bonds. The quantitative estimate of drug-likeness (QED) is 0.363. The molecule has 0 spiro atoms. The second kappa shape index (κ2) is 4.24. The van der Waals surface area contributed by atoms with Gasteiger partial charge >= 0.3 is 5.95 Å². The molecule has 0 atom stereocenters. The van der Waals surface area contributed by atoms with Crippen molar-refractivity contribution in [2.45, 2.75) is 6.42 Å². The predicted molar refractivity (Wildman–Crippen MR) is 28.6 cm³/mol. The van der Waals surface area contributed by atoms with E-state index in [4.69, 9.17) is 15.3 Å². The summed E-state index contributed by atoms with van der Waals surface area (Å²) in [6.45, 7) is 0.000278. The fourth-order valence-electron chi connectivity index (χ4n) is 0.228. The van der Waals surface area contributed by atoms with E-state index in [9.17, 15) is 0 Å². The van der Waals surface area contributed by atoms with E-state index >= 15 is 0 Å². The van der Waals surface area contributed by atoms with Crippen LogP contribution in [0.4, 0.5) is 0 Å². The second-order valence-electron chi connectivity index (χ2n) is 1.18. The van der Waals surface area contributed by atoms with Gasteiger partial charge in [-0.25, -0.2) is 0 Å². The fraction of sp³-hybridized carbons (Fsp3) is 0.400. The highest BCUT2D eigenvalue weighted by Gasteiger charge is 1.73. The molecule has 0 aliphatic carbocycles. The molecule has 0 aliphatic heterocycles. The Labute approximate surface area is 47.2 Å². The molecular weight excluding hydrogens is 108 g/mol. The van der Waals surface area contributed by atoms with Crippen LogP contribution in [0, 0.1) is 0 Å². The summed E-state index contributed by atoms with van der Waals surface area (Å²) in [7, 11) is 0. The van der Waals surface area contributed by atoms with Gasteiger partial charge in [0.2, 0.25) is 0 Å². The van der Waals surface area contributed by atoms with E-state index in [1.165, 1.54) is 6.08 Å². The molecule has 0 heterocycles. The van der Waals surface area contributed by atoms with Crippen LogP contribution in [0.25, 0.3) is 0 Å². The highest BCUT2D eigenvalue weighted by molar-refractivity contribution is 4.82. The van der Waals surface area contributed by atoms with E-state index in [2.05, 4.69) is 5.73 Å². The first-order valence-electron chi connectivity index (χ1n) is 2.21. The molecule has 8 heavy (non-hydrogen) atoms. The molecule has 0 aromatic heterocycles. The number of aliphatic hydroxyl groups excluding tert-OH is 2. The van der Waals surface area contributed by atoms with E-state index in [0.717, 1.165) is 0 Å². The zero-order valence-electron chi connectivity index (χ0n) is 4.33. The van der Waals surface area contributed by atoms with E-state index in [-0.39, 0.29) is 6.61 Å². The normalized spacial score (nSPS) is 7.62. The Morgan fingerprint density at radius 3 is 2.50 bits per heavy atom. The summed E-state index contributed by atoms with van der Waals surface area (Å²) in [6, 6.07) is 0. The zero-order valence-corrected chi connectivity index (χ0v) is 4.33. The lowest BCUT2D eigenvalue weighted by molar-refractivity contribution is 0.192. The molecular formula is C5H8O3. The van der Waals surface area contributed by atoms with Crippen LogP contribution in [-0.2, 0) is 0 Å². The van der Waals surface area contributed by atoms with Crippen molar-refractivity contribution in [1.29, 1.82) is 0 Å². The van der Waals surface area contributed by atoms with Gasteiger partial charge < -0.3 is 15.3 Å². The maximum atomic E-state index is 8.14. The summed E-state index contributed by atoms with van der Waals surface area (Å²) in [5, 5.41) is 24.2. The van der Waals surface area contributed by atoms with Crippen LogP contribution in [0.1, 0.15) is 6.42 Å². The largest absolute Gasteiger partial charge is 0.475 e. The van der Waals surface area contributed by atoms with E-state index in [0.29, 0.717) is 6.42 Å². The Kier molecular flexibility index (Phi) is 3.76. The summed E-state index contributed by atoms with van der Waals surface area (Å²) in [5.74, 6) is -0.849. The van der Waals surface area contributed by atoms with E-state index in [1.807, 2.05) is 0 Å². The van der Waals surface area contributed by atoms with Gasteiger partial charge in [0.25, 0.3) is 0 Å². The third-order valence-corrected chi connectivity index (χ3v) is 0.505. The van der Waals surface area contributed by atoms with Crippen LogP contribution in [0.2, 0.25) is 0 Å². The van der Waals surface area contributed by atoms with Gasteiger partial charge in [-0.1, -0.05) is 0 Å². The monoisotopic (exact) mass is 116 g/mol. The van der Waals surface area contributed by atoms with Crippen molar-refractivity contribution in [2.24, 2.45) is 0 Å².